The number of allylic oxidation sites excluding steroid dienone is 4. The molecule has 1 heteroatoms. The number of hydrogen-bond acceptors (Lipinski definition) is 1. The van der Waals surface area contributed by atoms with Crippen LogP contribution in [0, 0.1) is 29.6 Å². The average molecular weight is 220 g/mol. The van der Waals surface area contributed by atoms with Crippen LogP contribution in [0.1, 0.15) is 33.6 Å². The topological polar surface area (TPSA) is 20.2 Å². The van der Waals surface area contributed by atoms with E-state index in [9.17, 15) is 5.11 Å². The summed E-state index contributed by atoms with van der Waals surface area (Å²) in [6.07, 6.45) is 9.71. The molecule has 1 nitrogen and oxygen atoms in total. The highest BCUT2D eigenvalue weighted by molar-refractivity contribution is 5.25. The Bertz CT molecular complexity index is 303. The molecule has 0 saturated heterocycles. The summed E-state index contributed by atoms with van der Waals surface area (Å²) in [7, 11) is 0. The molecule has 1 saturated carbocycles. The van der Waals surface area contributed by atoms with Gasteiger partial charge in [0.05, 0.1) is 0 Å². The van der Waals surface area contributed by atoms with Crippen LogP contribution in [0.15, 0.2) is 23.8 Å². The second kappa shape index (κ2) is 4.75. The van der Waals surface area contributed by atoms with E-state index in [2.05, 4.69) is 39.0 Å². The van der Waals surface area contributed by atoms with Gasteiger partial charge < -0.3 is 5.11 Å². The van der Waals surface area contributed by atoms with Gasteiger partial charge in [0.1, 0.15) is 0 Å². The molecule has 1 N–H and O–H groups in total. The highest BCUT2D eigenvalue weighted by Gasteiger charge is 2.37. The van der Waals surface area contributed by atoms with E-state index in [0.717, 1.165) is 5.92 Å². The van der Waals surface area contributed by atoms with Crippen molar-refractivity contribution in [1.82, 2.24) is 0 Å². The van der Waals surface area contributed by atoms with E-state index >= 15 is 0 Å². The van der Waals surface area contributed by atoms with Gasteiger partial charge in [0.2, 0.25) is 0 Å². The summed E-state index contributed by atoms with van der Waals surface area (Å²) in [6, 6.07) is 0. The lowest BCUT2D eigenvalue weighted by molar-refractivity contribution is 0.0863. The number of aliphatic hydroxyl groups excluding tert-OH is 1. The quantitative estimate of drug-likeness (QED) is 0.756. The molecule has 0 aromatic heterocycles. The van der Waals surface area contributed by atoms with Gasteiger partial charge in [-0.05, 0) is 49.4 Å². The van der Waals surface area contributed by atoms with Crippen LogP contribution in [0.2, 0.25) is 0 Å². The van der Waals surface area contributed by atoms with E-state index in [-0.39, 0.29) is 0 Å². The fourth-order valence-electron chi connectivity index (χ4n) is 3.48. The Morgan fingerprint density at radius 2 is 2.12 bits per heavy atom. The molecule has 2 aliphatic carbocycles. The van der Waals surface area contributed by atoms with Crippen molar-refractivity contribution >= 4 is 0 Å². The van der Waals surface area contributed by atoms with Crippen LogP contribution in [0.25, 0.3) is 0 Å². The third kappa shape index (κ3) is 2.10. The maximum absolute atomic E-state index is 9.37. The third-order valence-electron chi connectivity index (χ3n) is 4.61. The summed E-state index contributed by atoms with van der Waals surface area (Å²) < 4.78 is 0. The van der Waals surface area contributed by atoms with E-state index < -0.39 is 0 Å². The lowest BCUT2D eigenvalue weighted by atomic mass is 9.62. The molecule has 0 aliphatic heterocycles. The first kappa shape index (κ1) is 11.9. The molecule has 2 rings (SSSR count). The molecular weight excluding hydrogens is 196 g/mol. The van der Waals surface area contributed by atoms with Crippen LogP contribution in [-0.2, 0) is 0 Å². The van der Waals surface area contributed by atoms with Gasteiger partial charge in [-0.1, -0.05) is 37.6 Å². The zero-order chi connectivity index (χ0) is 11.7. The zero-order valence-electron chi connectivity index (χ0n) is 10.7. The molecule has 0 spiro atoms. The summed E-state index contributed by atoms with van der Waals surface area (Å²) >= 11 is 0. The smallest absolute Gasteiger partial charge is 0.0459 e. The van der Waals surface area contributed by atoms with E-state index in [0.29, 0.717) is 30.3 Å². The Morgan fingerprint density at radius 3 is 2.81 bits per heavy atom. The van der Waals surface area contributed by atoms with Gasteiger partial charge in [-0.15, -0.1) is 0 Å². The van der Waals surface area contributed by atoms with Crippen molar-refractivity contribution in [3.05, 3.63) is 23.8 Å². The van der Waals surface area contributed by atoms with Gasteiger partial charge >= 0.3 is 0 Å². The lowest BCUT2D eigenvalue weighted by Crippen LogP contribution is -2.36. The fourth-order valence-corrected chi connectivity index (χ4v) is 3.48. The Hall–Kier alpha value is -0.560. The average Bonchev–Trinajstić information content (AvgIpc) is 2.28. The predicted octanol–water partition coefficient (Wildman–Crippen LogP) is 3.41. The van der Waals surface area contributed by atoms with Crippen molar-refractivity contribution in [3.63, 3.8) is 0 Å². The van der Waals surface area contributed by atoms with E-state index in [1.54, 1.807) is 0 Å². The van der Waals surface area contributed by atoms with Crippen molar-refractivity contribution in [2.75, 3.05) is 6.61 Å². The number of fused-ring (bicyclic) bond motifs is 1. The molecule has 0 bridgehead atoms. The minimum Gasteiger partial charge on any atom is -0.396 e. The fraction of sp³-hybridized carbons (Fsp3) is 0.733. The van der Waals surface area contributed by atoms with Crippen LogP contribution in [-0.4, -0.2) is 11.7 Å². The van der Waals surface area contributed by atoms with Crippen LogP contribution < -0.4 is 0 Å². The predicted molar refractivity (Wildman–Crippen MR) is 68.0 cm³/mol. The molecule has 2 aliphatic rings. The Labute approximate surface area is 99.3 Å². The van der Waals surface area contributed by atoms with Crippen molar-refractivity contribution < 1.29 is 5.11 Å². The van der Waals surface area contributed by atoms with Gasteiger partial charge in [0.15, 0.2) is 0 Å². The van der Waals surface area contributed by atoms with E-state index in [1.165, 1.54) is 18.4 Å². The van der Waals surface area contributed by atoms with Gasteiger partial charge in [-0.25, -0.2) is 0 Å². The maximum Gasteiger partial charge on any atom is 0.0459 e. The molecule has 0 aromatic carbocycles. The molecular formula is C15H24O. The molecule has 0 radical (unpaired) electrons. The minimum absolute atomic E-state index is 0.332. The summed E-state index contributed by atoms with van der Waals surface area (Å²) in [5, 5.41) is 9.37. The van der Waals surface area contributed by atoms with Crippen LogP contribution in [0.3, 0.4) is 0 Å². The molecule has 90 valence electrons. The molecule has 16 heavy (non-hydrogen) atoms. The SMILES string of the molecule is CC1=C[C@H]2[C@@H](C=C1)[C@H](C)CC[C@H]2[C@@H](C)CO. The van der Waals surface area contributed by atoms with Crippen LogP contribution in [0.4, 0.5) is 0 Å². The van der Waals surface area contributed by atoms with Crippen molar-refractivity contribution in [2.24, 2.45) is 29.6 Å². The summed E-state index contributed by atoms with van der Waals surface area (Å²) in [4.78, 5) is 0. The van der Waals surface area contributed by atoms with Crippen molar-refractivity contribution in [3.8, 4) is 0 Å². The highest BCUT2D eigenvalue weighted by atomic mass is 16.3. The Kier molecular flexibility index (Phi) is 3.53. The van der Waals surface area contributed by atoms with Gasteiger partial charge in [0, 0.05) is 6.61 Å². The second-order valence-corrected chi connectivity index (χ2v) is 5.80. The van der Waals surface area contributed by atoms with Crippen molar-refractivity contribution in [1.29, 1.82) is 0 Å². The monoisotopic (exact) mass is 220 g/mol. The first-order valence-corrected chi connectivity index (χ1v) is 6.61. The van der Waals surface area contributed by atoms with Crippen LogP contribution >= 0.6 is 0 Å². The van der Waals surface area contributed by atoms with Gasteiger partial charge in [-0.2, -0.15) is 0 Å². The minimum atomic E-state index is 0.332. The lowest BCUT2D eigenvalue weighted by Gasteiger charge is -2.43. The molecule has 0 aromatic rings. The molecule has 0 amide bonds. The molecule has 0 heterocycles. The summed E-state index contributed by atoms with van der Waals surface area (Å²) in [5.41, 5.74) is 1.39. The molecule has 5 atom stereocenters. The van der Waals surface area contributed by atoms with E-state index in [4.69, 9.17) is 0 Å². The standard InChI is InChI=1S/C15H24O/c1-10-4-6-13-11(2)5-7-14(12(3)9-16)15(13)8-10/h4,6,8,11-16H,5,7,9H2,1-3H3/t11-,12+,13+,14+,15+/m1/s1. The third-order valence-corrected chi connectivity index (χ3v) is 4.61. The number of hydrogen-bond donors (Lipinski definition) is 1. The van der Waals surface area contributed by atoms with Gasteiger partial charge in [0.25, 0.3) is 0 Å². The number of rotatable bonds is 2. The normalized spacial score (nSPS) is 40.1. The number of aliphatic hydroxyl groups is 1. The van der Waals surface area contributed by atoms with Gasteiger partial charge in [-0.3, -0.25) is 0 Å². The molecule has 0 unspecified atom stereocenters. The molecule has 1 fully saturated rings. The van der Waals surface area contributed by atoms with Crippen LogP contribution in [0.5, 0.6) is 0 Å². The summed E-state index contributed by atoms with van der Waals surface area (Å²) in [5.74, 6) is 3.28. The zero-order valence-corrected chi connectivity index (χ0v) is 10.7. The summed E-state index contributed by atoms with van der Waals surface area (Å²) in [6.45, 7) is 7.08. The highest BCUT2D eigenvalue weighted by Crippen LogP contribution is 2.45. The van der Waals surface area contributed by atoms with Crippen molar-refractivity contribution in [2.45, 2.75) is 33.6 Å². The second-order valence-electron chi connectivity index (χ2n) is 5.80. The first-order chi connectivity index (χ1) is 7.63. The Morgan fingerprint density at radius 1 is 1.38 bits per heavy atom. The van der Waals surface area contributed by atoms with E-state index in [1.807, 2.05) is 0 Å². The first-order valence-electron chi connectivity index (χ1n) is 6.61. The maximum atomic E-state index is 9.37. The largest absolute Gasteiger partial charge is 0.396 e. The Balaban J connectivity index is 2.21.